The minimum absolute atomic E-state index is 0.127. The van der Waals surface area contributed by atoms with E-state index in [9.17, 15) is 9.59 Å². The molecule has 0 saturated carbocycles. The van der Waals surface area contributed by atoms with Crippen molar-refractivity contribution in [2.24, 2.45) is 0 Å². The number of halogens is 2. The van der Waals surface area contributed by atoms with Crippen LogP contribution in [0.2, 0.25) is 10.0 Å². The van der Waals surface area contributed by atoms with Gasteiger partial charge in [-0.15, -0.1) is 0 Å². The zero-order valence-electron chi connectivity index (χ0n) is 14.1. The van der Waals surface area contributed by atoms with E-state index in [1.165, 1.54) is 0 Å². The smallest absolute Gasteiger partial charge is 0.275 e. The lowest BCUT2D eigenvalue weighted by Crippen LogP contribution is -2.33. The summed E-state index contributed by atoms with van der Waals surface area (Å²) in [6.45, 7) is 2.82. The molecule has 0 saturated heterocycles. The van der Waals surface area contributed by atoms with Gasteiger partial charge in [-0.05, 0) is 49.2 Å². The number of rotatable bonds is 5. The molecule has 5 nitrogen and oxygen atoms in total. The third-order valence-corrected chi connectivity index (χ3v) is 4.53. The molecule has 0 radical (unpaired) electrons. The van der Waals surface area contributed by atoms with Gasteiger partial charge in [0.1, 0.15) is 0 Å². The first-order valence-corrected chi connectivity index (χ1v) is 8.98. The molecule has 0 aliphatic heterocycles. The summed E-state index contributed by atoms with van der Waals surface area (Å²) in [7, 11) is 0. The number of fused-ring (bicyclic) bond motifs is 1. The van der Waals surface area contributed by atoms with E-state index >= 15 is 0 Å². The van der Waals surface area contributed by atoms with Crippen LogP contribution in [0.3, 0.4) is 0 Å². The number of nitrogens with zero attached hydrogens (tertiary/aromatic N) is 2. The van der Waals surface area contributed by atoms with Crippen molar-refractivity contribution >= 4 is 40.0 Å². The van der Waals surface area contributed by atoms with Gasteiger partial charge in [0.2, 0.25) is 5.43 Å². The monoisotopic (exact) mass is 389 g/mol. The van der Waals surface area contributed by atoms with Gasteiger partial charge < -0.3 is 5.32 Å². The maximum absolute atomic E-state index is 12.7. The number of hydrogen-bond acceptors (Lipinski definition) is 3. The molecule has 0 aliphatic carbocycles. The van der Waals surface area contributed by atoms with Crippen LogP contribution in [0.15, 0.2) is 47.3 Å². The molecule has 1 N–H and O–H groups in total. The number of amides is 1. The van der Waals surface area contributed by atoms with Crippen molar-refractivity contribution < 1.29 is 4.79 Å². The third-order valence-electron chi connectivity index (χ3n) is 4.04. The highest BCUT2D eigenvalue weighted by Gasteiger charge is 2.17. The van der Waals surface area contributed by atoms with Crippen LogP contribution in [0.5, 0.6) is 0 Å². The Morgan fingerprint density at radius 2 is 1.81 bits per heavy atom. The van der Waals surface area contributed by atoms with Crippen molar-refractivity contribution in [1.29, 1.82) is 0 Å². The molecule has 0 aliphatic rings. The average Bonchev–Trinajstić information content (AvgIpc) is 2.64. The quantitative estimate of drug-likeness (QED) is 0.723. The summed E-state index contributed by atoms with van der Waals surface area (Å²) in [5, 5.41) is 8.46. The van der Waals surface area contributed by atoms with E-state index in [2.05, 4.69) is 10.4 Å². The Morgan fingerprint density at radius 3 is 2.50 bits per heavy atom. The molecule has 3 rings (SSSR count). The normalized spacial score (nSPS) is 10.9. The molecule has 134 valence electrons. The number of aryl methyl sites for hydroxylation is 1. The minimum atomic E-state index is -0.493. The summed E-state index contributed by atoms with van der Waals surface area (Å²) >= 11 is 11.9. The van der Waals surface area contributed by atoms with Crippen LogP contribution < -0.4 is 10.7 Å². The predicted molar refractivity (Wildman–Crippen MR) is 104 cm³/mol. The van der Waals surface area contributed by atoms with Crippen molar-refractivity contribution in [3.8, 4) is 0 Å². The standard InChI is InChI=1S/C19H17Cl2N3O2/c1-2-24-16-8-7-14(21)11-15(16)18(25)17(23-24)19(26)22-10-9-12-3-5-13(20)6-4-12/h3-8,11H,2,9-10H2,1H3,(H,22,26). The van der Waals surface area contributed by atoms with Crippen molar-refractivity contribution in [2.75, 3.05) is 6.54 Å². The number of benzene rings is 2. The summed E-state index contributed by atoms with van der Waals surface area (Å²) in [4.78, 5) is 25.1. The lowest BCUT2D eigenvalue weighted by Gasteiger charge is -2.11. The first-order valence-electron chi connectivity index (χ1n) is 8.22. The van der Waals surface area contributed by atoms with Gasteiger partial charge in [-0.1, -0.05) is 35.3 Å². The van der Waals surface area contributed by atoms with Gasteiger partial charge in [-0.25, -0.2) is 0 Å². The number of nitrogens with one attached hydrogen (secondary N) is 1. The molecule has 0 spiro atoms. The highest BCUT2D eigenvalue weighted by molar-refractivity contribution is 6.31. The highest BCUT2D eigenvalue weighted by Crippen LogP contribution is 2.16. The molecule has 0 bridgehead atoms. The van der Waals surface area contributed by atoms with Crippen molar-refractivity contribution in [1.82, 2.24) is 15.1 Å². The first-order chi connectivity index (χ1) is 12.5. The Balaban J connectivity index is 1.82. The van der Waals surface area contributed by atoms with E-state index in [1.807, 2.05) is 19.1 Å². The van der Waals surface area contributed by atoms with E-state index in [0.717, 1.165) is 5.56 Å². The Morgan fingerprint density at radius 1 is 1.12 bits per heavy atom. The average molecular weight is 390 g/mol. The summed E-state index contributed by atoms with van der Waals surface area (Å²) in [6, 6.07) is 12.4. The molecule has 26 heavy (non-hydrogen) atoms. The van der Waals surface area contributed by atoms with Crippen LogP contribution >= 0.6 is 23.2 Å². The summed E-state index contributed by atoms with van der Waals surface area (Å²) in [5.41, 5.74) is 1.15. The molecular formula is C19H17Cl2N3O2. The van der Waals surface area contributed by atoms with Gasteiger partial charge in [-0.3, -0.25) is 14.3 Å². The van der Waals surface area contributed by atoms with Crippen LogP contribution in [0.1, 0.15) is 23.0 Å². The summed E-state index contributed by atoms with van der Waals surface area (Å²) in [5.74, 6) is -0.493. The van der Waals surface area contributed by atoms with Gasteiger partial charge >= 0.3 is 0 Å². The van der Waals surface area contributed by atoms with Crippen LogP contribution in [-0.2, 0) is 13.0 Å². The highest BCUT2D eigenvalue weighted by atomic mass is 35.5. The van der Waals surface area contributed by atoms with Gasteiger partial charge in [-0.2, -0.15) is 5.10 Å². The van der Waals surface area contributed by atoms with Gasteiger partial charge in [0.25, 0.3) is 5.91 Å². The van der Waals surface area contributed by atoms with Crippen LogP contribution in [0, 0.1) is 0 Å². The molecule has 2 aromatic carbocycles. The molecular weight excluding hydrogens is 373 g/mol. The van der Waals surface area contributed by atoms with Crippen molar-refractivity contribution in [3.63, 3.8) is 0 Å². The lowest BCUT2D eigenvalue weighted by molar-refractivity contribution is 0.0946. The molecule has 0 unspecified atom stereocenters. The van der Waals surface area contributed by atoms with Crippen LogP contribution in [0.25, 0.3) is 10.9 Å². The Bertz CT molecular complexity index is 1010. The van der Waals surface area contributed by atoms with E-state index < -0.39 is 11.3 Å². The van der Waals surface area contributed by atoms with Crippen molar-refractivity contribution in [2.45, 2.75) is 19.9 Å². The van der Waals surface area contributed by atoms with Crippen LogP contribution in [0.4, 0.5) is 0 Å². The molecule has 1 aromatic heterocycles. The van der Waals surface area contributed by atoms with E-state index in [4.69, 9.17) is 23.2 Å². The zero-order chi connectivity index (χ0) is 18.7. The number of aromatic nitrogens is 2. The SMILES string of the molecule is CCn1nc(C(=O)NCCc2ccc(Cl)cc2)c(=O)c2cc(Cl)ccc21. The number of carbonyl (C=O) groups excluding carboxylic acids is 1. The molecule has 0 fully saturated rings. The number of hydrogen-bond donors (Lipinski definition) is 1. The van der Waals surface area contributed by atoms with E-state index in [1.54, 1.807) is 35.0 Å². The van der Waals surface area contributed by atoms with Crippen LogP contribution in [-0.4, -0.2) is 22.2 Å². The van der Waals surface area contributed by atoms with Gasteiger partial charge in [0, 0.05) is 23.1 Å². The Hall–Kier alpha value is -2.37. The topological polar surface area (TPSA) is 64.0 Å². The molecule has 1 heterocycles. The van der Waals surface area contributed by atoms with Crippen molar-refractivity contribution in [3.05, 3.63) is 74.0 Å². The Labute approximate surface area is 160 Å². The molecule has 3 aromatic rings. The maximum Gasteiger partial charge on any atom is 0.275 e. The minimum Gasteiger partial charge on any atom is -0.350 e. The van der Waals surface area contributed by atoms with E-state index in [-0.39, 0.29) is 5.69 Å². The third kappa shape index (κ3) is 3.89. The lowest BCUT2D eigenvalue weighted by atomic mass is 10.1. The fourth-order valence-electron chi connectivity index (χ4n) is 2.71. The molecule has 0 atom stereocenters. The Kier molecular flexibility index (Phi) is 5.59. The van der Waals surface area contributed by atoms with Gasteiger partial charge in [0.15, 0.2) is 5.69 Å². The second-order valence-corrected chi connectivity index (χ2v) is 6.66. The predicted octanol–water partition coefficient (Wildman–Crippen LogP) is 3.70. The largest absolute Gasteiger partial charge is 0.350 e. The second kappa shape index (κ2) is 7.89. The maximum atomic E-state index is 12.7. The zero-order valence-corrected chi connectivity index (χ0v) is 15.6. The molecule has 7 heteroatoms. The summed E-state index contributed by atoms with van der Waals surface area (Å²) in [6.07, 6.45) is 0.629. The van der Waals surface area contributed by atoms with Gasteiger partial charge in [0.05, 0.1) is 10.9 Å². The fourth-order valence-corrected chi connectivity index (χ4v) is 3.01. The molecule has 1 amide bonds. The summed E-state index contributed by atoms with van der Waals surface area (Å²) < 4.78 is 1.63. The number of carbonyl (C=O) groups is 1. The first kappa shape index (κ1) is 18.4. The second-order valence-electron chi connectivity index (χ2n) is 5.79. The fraction of sp³-hybridized carbons (Fsp3) is 0.211. The van der Waals surface area contributed by atoms with E-state index in [0.29, 0.717) is 40.5 Å².